The van der Waals surface area contributed by atoms with Crippen molar-refractivity contribution in [2.45, 2.75) is 6.54 Å². The van der Waals surface area contributed by atoms with Crippen molar-refractivity contribution in [3.63, 3.8) is 0 Å². The standard InChI is InChI=1S/C20H17FN4O/c1-26-17-8-4-15(5-9-17)18-13-24-25-19(10-11-22-20(18)25)23-12-14-2-6-16(21)7-3-14/h2-11,13,23H,12H2,1H3. The van der Waals surface area contributed by atoms with Gasteiger partial charge in [0.15, 0.2) is 5.65 Å². The lowest BCUT2D eigenvalue weighted by molar-refractivity contribution is 0.415. The van der Waals surface area contributed by atoms with Crippen LogP contribution in [0.1, 0.15) is 5.56 Å². The number of aromatic nitrogens is 3. The van der Waals surface area contributed by atoms with Gasteiger partial charge in [-0.15, -0.1) is 0 Å². The first-order valence-electron chi connectivity index (χ1n) is 8.20. The molecule has 26 heavy (non-hydrogen) atoms. The van der Waals surface area contributed by atoms with Crippen molar-refractivity contribution in [1.82, 2.24) is 14.6 Å². The molecule has 0 aliphatic rings. The second-order valence-electron chi connectivity index (χ2n) is 5.83. The molecule has 2 heterocycles. The van der Waals surface area contributed by atoms with Gasteiger partial charge in [-0.25, -0.2) is 9.37 Å². The highest BCUT2D eigenvalue weighted by Gasteiger charge is 2.10. The van der Waals surface area contributed by atoms with Crippen LogP contribution in [0.2, 0.25) is 0 Å². The van der Waals surface area contributed by atoms with Crippen molar-refractivity contribution in [3.8, 4) is 16.9 Å². The molecule has 4 rings (SSSR count). The zero-order chi connectivity index (χ0) is 17.9. The van der Waals surface area contributed by atoms with E-state index >= 15 is 0 Å². The van der Waals surface area contributed by atoms with Gasteiger partial charge < -0.3 is 10.1 Å². The molecule has 0 saturated heterocycles. The van der Waals surface area contributed by atoms with E-state index in [1.54, 1.807) is 36.2 Å². The number of nitrogens with one attached hydrogen (secondary N) is 1. The molecule has 0 radical (unpaired) electrons. The first-order chi connectivity index (χ1) is 12.7. The van der Waals surface area contributed by atoms with Gasteiger partial charge in [0.1, 0.15) is 17.4 Å². The summed E-state index contributed by atoms with van der Waals surface area (Å²) in [4.78, 5) is 4.47. The number of hydrogen-bond acceptors (Lipinski definition) is 4. The van der Waals surface area contributed by atoms with Crippen molar-refractivity contribution in [2.24, 2.45) is 0 Å². The van der Waals surface area contributed by atoms with Gasteiger partial charge in [-0.1, -0.05) is 24.3 Å². The van der Waals surface area contributed by atoms with Gasteiger partial charge in [-0.3, -0.25) is 0 Å². The average Bonchev–Trinajstić information content (AvgIpc) is 3.12. The maximum atomic E-state index is 13.0. The van der Waals surface area contributed by atoms with Crippen LogP contribution < -0.4 is 10.1 Å². The molecule has 1 N–H and O–H groups in total. The molecule has 0 aliphatic heterocycles. The zero-order valence-corrected chi connectivity index (χ0v) is 14.2. The fourth-order valence-corrected chi connectivity index (χ4v) is 2.79. The number of benzene rings is 2. The summed E-state index contributed by atoms with van der Waals surface area (Å²) in [5, 5.41) is 7.79. The fourth-order valence-electron chi connectivity index (χ4n) is 2.79. The topological polar surface area (TPSA) is 51.5 Å². The molecule has 0 atom stereocenters. The third kappa shape index (κ3) is 3.09. The summed E-state index contributed by atoms with van der Waals surface area (Å²) in [6.07, 6.45) is 3.55. The Balaban J connectivity index is 1.62. The Morgan fingerprint density at radius 2 is 1.81 bits per heavy atom. The molecule has 2 aromatic carbocycles. The SMILES string of the molecule is COc1ccc(-c2cnn3c(NCc4ccc(F)cc4)ccnc23)cc1. The zero-order valence-electron chi connectivity index (χ0n) is 14.2. The monoisotopic (exact) mass is 348 g/mol. The summed E-state index contributed by atoms with van der Waals surface area (Å²) in [7, 11) is 1.64. The quantitative estimate of drug-likeness (QED) is 0.588. The Labute approximate surface area is 150 Å². The van der Waals surface area contributed by atoms with Gasteiger partial charge in [0.05, 0.1) is 13.3 Å². The minimum absolute atomic E-state index is 0.240. The molecule has 4 aromatic rings. The van der Waals surface area contributed by atoms with Gasteiger partial charge in [0.2, 0.25) is 0 Å². The smallest absolute Gasteiger partial charge is 0.165 e. The van der Waals surface area contributed by atoms with E-state index in [1.165, 1.54) is 12.1 Å². The van der Waals surface area contributed by atoms with E-state index in [0.717, 1.165) is 33.9 Å². The second kappa shape index (κ2) is 6.84. The van der Waals surface area contributed by atoms with Crippen LogP contribution in [0.3, 0.4) is 0 Å². The Kier molecular flexibility index (Phi) is 4.23. The molecule has 5 nitrogen and oxygen atoms in total. The third-order valence-electron chi connectivity index (χ3n) is 4.19. The van der Waals surface area contributed by atoms with Crippen molar-refractivity contribution < 1.29 is 9.13 Å². The molecule has 0 saturated carbocycles. The van der Waals surface area contributed by atoms with Gasteiger partial charge in [0, 0.05) is 18.3 Å². The number of methoxy groups -OCH3 is 1. The second-order valence-corrected chi connectivity index (χ2v) is 5.83. The molecule has 2 aromatic heterocycles. The lowest BCUT2D eigenvalue weighted by atomic mass is 10.1. The molecule has 0 amide bonds. The fraction of sp³-hybridized carbons (Fsp3) is 0.100. The minimum atomic E-state index is -0.240. The van der Waals surface area contributed by atoms with E-state index < -0.39 is 0 Å². The van der Waals surface area contributed by atoms with Crippen LogP contribution in [-0.2, 0) is 6.54 Å². The predicted octanol–water partition coefficient (Wildman–Crippen LogP) is 4.16. The lowest BCUT2D eigenvalue weighted by Crippen LogP contribution is -2.05. The number of rotatable bonds is 5. The van der Waals surface area contributed by atoms with E-state index in [4.69, 9.17) is 4.74 Å². The summed E-state index contributed by atoms with van der Waals surface area (Å²) in [5.41, 5.74) is 3.71. The van der Waals surface area contributed by atoms with E-state index in [2.05, 4.69) is 15.4 Å². The maximum Gasteiger partial charge on any atom is 0.165 e. The summed E-state index contributed by atoms with van der Waals surface area (Å²) in [5.74, 6) is 1.38. The van der Waals surface area contributed by atoms with Crippen molar-refractivity contribution in [3.05, 3.63) is 78.4 Å². The lowest BCUT2D eigenvalue weighted by Gasteiger charge is -2.08. The van der Waals surface area contributed by atoms with Gasteiger partial charge in [-0.05, 0) is 41.5 Å². The molecule has 6 heteroatoms. The van der Waals surface area contributed by atoms with Crippen LogP contribution in [-0.4, -0.2) is 21.7 Å². The molecule has 0 fully saturated rings. The van der Waals surface area contributed by atoms with E-state index in [9.17, 15) is 4.39 Å². The van der Waals surface area contributed by atoms with Crippen LogP contribution in [0.5, 0.6) is 5.75 Å². The van der Waals surface area contributed by atoms with Crippen molar-refractivity contribution in [2.75, 3.05) is 12.4 Å². The normalized spacial score (nSPS) is 10.8. The van der Waals surface area contributed by atoms with Gasteiger partial charge in [0.25, 0.3) is 0 Å². The Morgan fingerprint density at radius 1 is 1.04 bits per heavy atom. The molecule has 0 spiro atoms. The highest BCUT2D eigenvalue weighted by atomic mass is 19.1. The number of fused-ring (bicyclic) bond motifs is 1. The highest BCUT2D eigenvalue weighted by Crippen LogP contribution is 2.26. The average molecular weight is 348 g/mol. The number of halogens is 1. The maximum absolute atomic E-state index is 13.0. The Morgan fingerprint density at radius 3 is 2.54 bits per heavy atom. The third-order valence-corrected chi connectivity index (χ3v) is 4.19. The summed E-state index contributed by atoms with van der Waals surface area (Å²) >= 11 is 0. The first kappa shape index (κ1) is 16.1. The molecule has 0 aliphatic carbocycles. The van der Waals surface area contributed by atoms with Crippen LogP contribution in [0, 0.1) is 5.82 Å². The Hall–Kier alpha value is -3.41. The van der Waals surface area contributed by atoms with E-state index in [-0.39, 0.29) is 5.82 Å². The van der Waals surface area contributed by atoms with E-state index in [0.29, 0.717) is 6.54 Å². The summed E-state index contributed by atoms with van der Waals surface area (Å²) < 4.78 is 20.0. The summed E-state index contributed by atoms with van der Waals surface area (Å²) in [6, 6.07) is 16.1. The van der Waals surface area contributed by atoms with Crippen molar-refractivity contribution in [1.29, 1.82) is 0 Å². The molecular formula is C20H17FN4O. The number of ether oxygens (including phenoxy) is 1. The van der Waals surface area contributed by atoms with Gasteiger partial charge in [-0.2, -0.15) is 9.61 Å². The van der Waals surface area contributed by atoms with Gasteiger partial charge >= 0.3 is 0 Å². The van der Waals surface area contributed by atoms with Crippen LogP contribution in [0.4, 0.5) is 10.2 Å². The van der Waals surface area contributed by atoms with Crippen molar-refractivity contribution >= 4 is 11.5 Å². The number of nitrogens with zero attached hydrogens (tertiary/aromatic N) is 3. The highest BCUT2D eigenvalue weighted by molar-refractivity contribution is 5.78. The minimum Gasteiger partial charge on any atom is -0.497 e. The number of hydrogen-bond donors (Lipinski definition) is 1. The summed E-state index contributed by atoms with van der Waals surface area (Å²) in [6.45, 7) is 0.567. The predicted molar refractivity (Wildman–Crippen MR) is 98.7 cm³/mol. The molecule has 0 bridgehead atoms. The largest absolute Gasteiger partial charge is 0.497 e. The van der Waals surface area contributed by atoms with Crippen LogP contribution in [0.25, 0.3) is 16.8 Å². The number of anilines is 1. The first-order valence-corrected chi connectivity index (χ1v) is 8.20. The van der Waals surface area contributed by atoms with E-state index in [1.807, 2.05) is 30.3 Å². The Bertz CT molecular complexity index is 1030. The molecule has 0 unspecified atom stereocenters. The molecular weight excluding hydrogens is 331 g/mol. The van der Waals surface area contributed by atoms with Crippen LogP contribution in [0.15, 0.2) is 67.0 Å². The molecule has 130 valence electrons. The van der Waals surface area contributed by atoms with Crippen LogP contribution >= 0.6 is 0 Å².